The Bertz CT molecular complexity index is 1000. The van der Waals surface area contributed by atoms with Crippen LogP contribution in [0, 0.1) is 0 Å². The SMILES string of the molecule is O=C(CCNS(=O)(=O)c1ccc2ccccc2c1)NCc1ccccn1. The first-order valence-electron chi connectivity index (χ1n) is 8.20. The lowest BCUT2D eigenvalue weighted by Crippen LogP contribution is -2.30. The van der Waals surface area contributed by atoms with E-state index >= 15 is 0 Å². The minimum absolute atomic E-state index is 0.0310. The van der Waals surface area contributed by atoms with Gasteiger partial charge in [0, 0.05) is 19.2 Å². The van der Waals surface area contributed by atoms with Crippen LogP contribution >= 0.6 is 0 Å². The molecule has 1 amide bonds. The van der Waals surface area contributed by atoms with Crippen molar-refractivity contribution in [1.29, 1.82) is 0 Å². The monoisotopic (exact) mass is 369 g/mol. The molecule has 0 spiro atoms. The first-order valence-corrected chi connectivity index (χ1v) is 9.68. The molecule has 0 fully saturated rings. The summed E-state index contributed by atoms with van der Waals surface area (Å²) < 4.78 is 27.2. The van der Waals surface area contributed by atoms with Crippen molar-refractivity contribution in [1.82, 2.24) is 15.0 Å². The minimum atomic E-state index is -3.66. The van der Waals surface area contributed by atoms with Crippen LogP contribution in [0.5, 0.6) is 0 Å². The van der Waals surface area contributed by atoms with Crippen molar-refractivity contribution in [3.05, 3.63) is 72.6 Å². The van der Waals surface area contributed by atoms with E-state index in [9.17, 15) is 13.2 Å². The van der Waals surface area contributed by atoms with E-state index in [1.807, 2.05) is 36.4 Å². The second kappa shape index (κ2) is 8.07. The molecule has 0 atom stereocenters. The van der Waals surface area contributed by atoms with Crippen LogP contribution in [-0.4, -0.2) is 25.9 Å². The molecule has 6 nitrogen and oxygen atoms in total. The van der Waals surface area contributed by atoms with Gasteiger partial charge in [0.05, 0.1) is 17.1 Å². The molecule has 134 valence electrons. The number of hydrogen-bond acceptors (Lipinski definition) is 4. The van der Waals surface area contributed by atoms with Crippen LogP contribution in [0.25, 0.3) is 10.8 Å². The van der Waals surface area contributed by atoms with Crippen LogP contribution in [0.15, 0.2) is 71.8 Å². The average Bonchev–Trinajstić information content (AvgIpc) is 2.66. The van der Waals surface area contributed by atoms with E-state index in [4.69, 9.17) is 0 Å². The molecule has 0 unspecified atom stereocenters. The van der Waals surface area contributed by atoms with E-state index in [1.54, 1.807) is 30.5 Å². The first kappa shape index (κ1) is 18.0. The lowest BCUT2D eigenvalue weighted by molar-refractivity contribution is -0.121. The van der Waals surface area contributed by atoms with Crippen LogP contribution in [0.3, 0.4) is 0 Å². The molecular formula is C19H19N3O3S. The largest absolute Gasteiger partial charge is 0.350 e. The molecule has 0 aliphatic rings. The Balaban J connectivity index is 1.53. The third-order valence-corrected chi connectivity index (χ3v) is 5.33. The van der Waals surface area contributed by atoms with Crippen molar-refractivity contribution < 1.29 is 13.2 Å². The zero-order valence-electron chi connectivity index (χ0n) is 14.1. The van der Waals surface area contributed by atoms with E-state index in [0.717, 1.165) is 16.5 Å². The number of benzene rings is 2. The highest BCUT2D eigenvalue weighted by Gasteiger charge is 2.14. The molecule has 2 aromatic carbocycles. The number of carbonyl (C=O) groups excluding carboxylic acids is 1. The zero-order valence-corrected chi connectivity index (χ0v) is 14.9. The third kappa shape index (κ3) is 4.65. The lowest BCUT2D eigenvalue weighted by Gasteiger charge is -2.08. The van der Waals surface area contributed by atoms with Crippen LogP contribution < -0.4 is 10.0 Å². The van der Waals surface area contributed by atoms with Crippen LogP contribution in [0.4, 0.5) is 0 Å². The van der Waals surface area contributed by atoms with Gasteiger partial charge in [-0.15, -0.1) is 0 Å². The molecule has 3 rings (SSSR count). The van der Waals surface area contributed by atoms with Crippen molar-refractivity contribution in [3.8, 4) is 0 Å². The highest BCUT2D eigenvalue weighted by molar-refractivity contribution is 7.89. The Morgan fingerprint density at radius 2 is 1.73 bits per heavy atom. The summed E-state index contributed by atoms with van der Waals surface area (Å²) in [7, 11) is -3.66. The van der Waals surface area contributed by atoms with Crippen molar-refractivity contribution in [3.63, 3.8) is 0 Å². The quantitative estimate of drug-likeness (QED) is 0.668. The Kier molecular flexibility index (Phi) is 5.60. The third-order valence-electron chi connectivity index (χ3n) is 3.87. The van der Waals surface area contributed by atoms with E-state index in [1.165, 1.54) is 0 Å². The van der Waals surface area contributed by atoms with Gasteiger partial charge >= 0.3 is 0 Å². The number of amides is 1. The number of nitrogens with zero attached hydrogens (tertiary/aromatic N) is 1. The molecular weight excluding hydrogens is 350 g/mol. The summed E-state index contributed by atoms with van der Waals surface area (Å²) in [5.74, 6) is -0.239. The predicted octanol–water partition coefficient (Wildman–Crippen LogP) is 2.22. The zero-order chi connectivity index (χ0) is 18.4. The van der Waals surface area contributed by atoms with Crippen LogP contribution in [0.1, 0.15) is 12.1 Å². The lowest BCUT2D eigenvalue weighted by atomic mass is 10.1. The molecule has 3 aromatic rings. The molecule has 0 aliphatic heterocycles. The van der Waals surface area contributed by atoms with E-state index in [2.05, 4.69) is 15.0 Å². The summed E-state index contributed by atoms with van der Waals surface area (Å²) >= 11 is 0. The van der Waals surface area contributed by atoms with Gasteiger partial charge in [0.25, 0.3) is 0 Å². The highest BCUT2D eigenvalue weighted by Crippen LogP contribution is 2.18. The molecule has 0 saturated carbocycles. The molecule has 2 N–H and O–H groups in total. The molecule has 0 bridgehead atoms. The topological polar surface area (TPSA) is 88.2 Å². The number of pyridine rings is 1. The molecule has 0 radical (unpaired) electrons. The van der Waals surface area contributed by atoms with Crippen molar-refractivity contribution in [2.45, 2.75) is 17.9 Å². The van der Waals surface area contributed by atoms with Crippen molar-refractivity contribution >= 4 is 26.7 Å². The number of nitrogens with one attached hydrogen (secondary N) is 2. The van der Waals surface area contributed by atoms with Gasteiger partial charge in [0.2, 0.25) is 15.9 Å². The maximum Gasteiger partial charge on any atom is 0.240 e. The molecule has 1 aromatic heterocycles. The maximum absolute atomic E-state index is 12.4. The fourth-order valence-electron chi connectivity index (χ4n) is 2.50. The Morgan fingerprint density at radius 1 is 0.962 bits per heavy atom. The Hall–Kier alpha value is -2.77. The second-order valence-corrected chi connectivity index (χ2v) is 7.52. The maximum atomic E-state index is 12.4. The summed E-state index contributed by atoms with van der Waals surface area (Å²) in [4.78, 5) is 16.1. The fraction of sp³-hybridized carbons (Fsp3) is 0.158. The predicted molar refractivity (Wildman–Crippen MR) is 99.8 cm³/mol. The van der Waals surface area contributed by atoms with Gasteiger partial charge in [-0.25, -0.2) is 13.1 Å². The first-order chi connectivity index (χ1) is 12.5. The van der Waals surface area contributed by atoms with E-state index in [-0.39, 0.29) is 23.8 Å². The van der Waals surface area contributed by atoms with Gasteiger partial charge in [-0.05, 0) is 35.0 Å². The van der Waals surface area contributed by atoms with E-state index in [0.29, 0.717) is 6.54 Å². The summed E-state index contributed by atoms with van der Waals surface area (Å²) in [6, 6.07) is 17.9. The number of hydrogen-bond donors (Lipinski definition) is 2. The summed E-state index contributed by atoms with van der Waals surface area (Å²) in [6.07, 6.45) is 1.71. The van der Waals surface area contributed by atoms with Gasteiger partial charge in [-0.3, -0.25) is 9.78 Å². The molecule has 26 heavy (non-hydrogen) atoms. The fourth-order valence-corrected chi connectivity index (χ4v) is 3.56. The van der Waals surface area contributed by atoms with Crippen molar-refractivity contribution in [2.75, 3.05) is 6.54 Å². The molecule has 0 saturated heterocycles. The number of rotatable bonds is 7. The Morgan fingerprint density at radius 3 is 2.50 bits per heavy atom. The summed E-state index contributed by atoms with van der Waals surface area (Å²) in [5.41, 5.74) is 0.748. The number of carbonyl (C=O) groups is 1. The van der Waals surface area contributed by atoms with Gasteiger partial charge < -0.3 is 5.32 Å². The van der Waals surface area contributed by atoms with Gasteiger partial charge in [-0.1, -0.05) is 36.4 Å². The average molecular weight is 369 g/mol. The van der Waals surface area contributed by atoms with Crippen LogP contribution in [0.2, 0.25) is 0 Å². The molecule has 0 aliphatic carbocycles. The van der Waals surface area contributed by atoms with Gasteiger partial charge in [0.1, 0.15) is 0 Å². The highest BCUT2D eigenvalue weighted by atomic mass is 32.2. The summed E-state index contributed by atoms with van der Waals surface area (Å²) in [5, 5.41) is 4.54. The minimum Gasteiger partial charge on any atom is -0.350 e. The van der Waals surface area contributed by atoms with Crippen molar-refractivity contribution in [2.24, 2.45) is 0 Å². The van der Waals surface area contributed by atoms with Gasteiger partial charge in [-0.2, -0.15) is 0 Å². The molecule has 1 heterocycles. The smallest absolute Gasteiger partial charge is 0.240 e. The number of fused-ring (bicyclic) bond motifs is 1. The normalized spacial score (nSPS) is 11.4. The Labute approximate surface area is 152 Å². The second-order valence-electron chi connectivity index (χ2n) is 5.75. The van der Waals surface area contributed by atoms with Gasteiger partial charge in [0.15, 0.2) is 0 Å². The summed E-state index contributed by atoms with van der Waals surface area (Å²) in [6.45, 7) is 0.348. The van der Waals surface area contributed by atoms with E-state index < -0.39 is 10.0 Å². The number of sulfonamides is 1. The van der Waals surface area contributed by atoms with Crippen LogP contribution in [-0.2, 0) is 21.4 Å². The standard InChI is InChI=1S/C19H19N3O3S/c23-19(21-14-17-7-3-4-11-20-17)10-12-22-26(24,25)18-9-8-15-5-1-2-6-16(15)13-18/h1-9,11,13,22H,10,12,14H2,(H,21,23). The molecule has 7 heteroatoms. The number of aromatic nitrogens is 1.